The molecular weight excluding hydrogens is 352 g/mol. The maximum absolute atomic E-state index is 12.6. The van der Waals surface area contributed by atoms with E-state index in [1.807, 2.05) is 0 Å². The summed E-state index contributed by atoms with van der Waals surface area (Å²) in [6, 6.07) is 5.75. The van der Waals surface area contributed by atoms with Gasteiger partial charge in [0.2, 0.25) is 11.8 Å². The van der Waals surface area contributed by atoms with Crippen LogP contribution in [0.3, 0.4) is 0 Å². The Kier molecular flexibility index (Phi) is 5.58. The third-order valence-corrected chi connectivity index (χ3v) is 4.59. The number of amides is 4. The Labute approximate surface area is 156 Å². The fourth-order valence-corrected chi connectivity index (χ4v) is 3.11. The first-order valence-corrected chi connectivity index (χ1v) is 8.90. The normalized spacial score (nSPS) is 19.5. The number of carbonyl (C=O) groups is 4. The highest BCUT2D eigenvalue weighted by Gasteiger charge is 2.32. The van der Waals surface area contributed by atoms with Gasteiger partial charge in [0.1, 0.15) is 6.04 Å². The number of fused-ring (bicyclic) bond motifs is 1. The Morgan fingerprint density at radius 1 is 1.11 bits per heavy atom. The molecule has 0 aromatic heterocycles. The van der Waals surface area contributed by atoms with Crippen LogP contribution in [0.25, 0.3) is 0 Å². The maximum atomic E-state index is 12.6. The molecule has 0 bridgehead atoms. The van der Waals surface area contributed by atoms with Crippen LogP contribution in [0.1, 0.15) is 23.7 Å². The van der Waals surface area contributed by atoms with Crippen molar-refractivity contribution in [3.8, 4) is 0 Å². The first kappa shape index (κ1) is 18.7. The SMILES string of the molecule is CCOC(=O)N1CCN(C(=O)CC2NC(=O)c3ccccc3NC2=O)CC1. The Hall–Kier alpha value is -3.10. The Bertz CT molecular complexity index is 758. The van der Waals surface area contributed by atoms with Gasteiger partial charge < -0.3 is 25.2 Å². The van der Waals surface area contributed by atoms with E-state index >= 15 is 0 Å². The lowest BCUT2D eigenvalue weighted by atomic mass is 10.1. The van der Waals surface area contributed by atoms with Crippen molar-refractivity contribution in [1.29, 1.82) is 0 Å². The molecule has 1 saturated heterocycles. The van der Waals surface area contributed by atoms with E-state index in [-0.39, 0.29) is 12.3 Å². The van der Waals surface area contributed by atoms with Gasteiger partial charge in [-0.1, -0.05) is 12.1 Å². The van der Waals surface area contributed by atoms with E-state index < -0.39 is 23.9 Å². The zero-order chi connectivity index (χ0) is 19.4. The van der Waals surface area contributed by atoms with Crippen molar-refractivity contribution in [2.45, 2.75) is 19.4 Å². The quantitative estimate of drug-likeness (QED) is 0.798. The minimum absolute atomic E-state index is 0.134. The van der Waals surface area contributed by atoms with Gasteiger partial charge in [-0.15, -0.1) is 0 Å². The van der Waals surface area contributed by atoms with Crippen molar-refractivity contribution in [3.05, 3.63) is 29.8 Å². The molecule has 1 atom stereocenters. The minimum Gasteiger partial charge on any atom is -0.450 e. The summed E-state index contributed by atoms with van der Waals surface area (Å²) < 4.78 is 4.95. The summed E-state index contributed by atoms with van der Waals surface area (Å²) in [4.78, 5) is 52.1. The first-order valence-electron chi connectivity index (χ1n) is 8.90. The van der Waals surface area contributed by atoms with Crippen LogP contribution in [-0.4, -0.2) is 72.4 Å². The zero-order valence-corrected chi connectivity index (χ0v) is 15.1. The molecular formula is C18H22N4O5. The molecule has 2 heterocycles. The summed E-state index contributed by atoms with van der Waals surface area (Å²) in [5.41, 5.74) is 0.793. The molecule has 3 rings (SSSR count). The fourth-order valence-electron chi connectivity index (χ4n) is 3.11. The molecule has 1 fully saturated rings. The van der Waals surface area contributed by atoms with Gasteiger partial charge in [-0.05, 0) is 19.1 Å². The summed E-state index contributed by atoms with van der Waals surface area (Å²) in [6.07, 6.45) is -0.525. The van der Waals surface area contributed by atoms with E-state index in [1.54, 1.807) is 41.0 Å². The average molecular weight is 374 g/mol. The van der Waals surface area contributed by atoms with Crippen LogP contribution in [0.5, 0.6) is 0 Å². The molecule has 144 valence electrons. The second-order valence-electron chi connectivity index (χ2n) is 6.33. The number of piperazine rings is 1. The van der Waals surface area contributed by atoms with Crippen LogP contribution < -0.4 is 10.6 Å². The topological polar surface area (TPSA) is 108 Å². The second-order valence-corrected chi connectivity index (χ2v) is 6.33. The lowest BCUT2D eigenvalue weighted by molar-refractivity contribution is -0.135. The van der Waals surface area contributed by atoms with Gasteiger partial charge in [0.15, 0.2) is 0 Å². The van der Waals surface area contributed by atoms with Gasteiger partial charge in [0.25, 0.3) is 5.91 Å². The average Bonchev–Trinajstić information content (AvgIpc) is 2.79. The third kappa shape index (κ3) is 4.18. The smallest absolute Gasteiger partial charge is 0.409 e. The lowest BCUT2D eigenvalue weighted by Gasteiger charge is -2.34. The predicted molar refractivity (Wildman–Crippen MR) is 96.1 cm³/mol. The predicted octanol–water partition coefficient (Wildman–Crippen LogP) is 0.428. The van der Waals surface area contributed by atoms with Crippen molar-refractivity contribution in [2.24, 2.45) is 0 Å². The number of anilines is 1. The molecule has 1 unspecified atom stereocenters. The summed E-state index contributed by atoms with van der Waals surface area (Å²) in [5, 5.41) is 5.30. The molecule has 9 heteroatoms. The van der Waals surface area contributed by atoms with Crippen LogP contribution in [0.4, 0.5) is 10.5 Å². The molecule has 1 aromatic carbocycles. The highest BCUT2D eigenvalue weighted by Crippen LogP contribution is 2.19. The summed E-state index contributed by atoms with van der Waals surface area (Å²) in [5.74, 6) is -1.06. The highest BCUT2D eigenvalue weighted by molar-refractivity contribution is 6.10. The van der Waals surface area contributed by atoms with Gasteiger partial charge in [0.05, 0.1) is 24.3 Å². The number of nitrogens with one attached hydrogen (secondary N) is 2. The summed E-state index contributed by atoms with van der Waals surface area (Å²) >= 11 is 0. The number of ether oxygens (including phenoxy) is 1. The van der Waals surface area contributed by atoms with Crippen molar-refractivity contribution in [3.63, 3.8) is 0 Å². The molecule has 0 spiro atoms. The van der Waals surface area contributed by atoms with E-state index in [9.17, 15) is 19.2 Å². The molecule has 2 N–H and O–H groups in total. The second kappa shape index (κ2) is 8.07. The summed E-state index contributed by atoms with van der Waals surface area (Å²) in [6.45, 7) is 3.51. The molecule has 4 amide bonds. The van der Waals surface area contributed by atoms with Gasteiger partial charge in [-0.25, -0.2) is 4.79 Å². The third-order valence-electron chi connectivity index (χ3n) is 4.59. The van der Waals surface area contributed by atoms with Gasteiger partial charge in [-0.2, -0.15) is 0 Å². The summed E-state index contributed by atoms with van der Waals surface area (Å²) in [7, 11) is 0. The molecule has 1 aromatic rings. The van der Waals surface area contributed by atoms with Crippen molar-refractivity contribution >= 4 is 29.5 Å². The molecule has 2 aliphatic heterocycles. The molecule has 0 saturated carbocycles. The Morgan fingerprint density at radius 3 is 2.48 bits per heavy atom. The van der Waals surface area contributed by atoms with Crippen LogP contribution in [0, 0.1) is 0 Å². The number of rotatable bonds is 3. The largest absolute Gasteiger partial charge is 0.450 e. The minimum atomic E-state index is -0.944. The van der Waals surface area contributed by atoms with Crippen LogP contribution in [0.2, 0.25) is 0 Å². The number of hydrogen-bond donors (Lipinski definition) is 2. The lowest BCUT2D eigenvalue weighted by Crippen LogP contribution is -2.52. The van der Waals surface area contributed by atoms with Crippen LogP contribution >= 0.6 is 0 Å². The highest BCUT2D eigenvalue weighted by atomic mass is 16.6. The van der Waals surface area contributed by atoms with E-state index in [4.69, 9.17) is 4.74 Å². The molecule has 9 nitrogen and oxygen atoms in total. The molecule has 0 aliphatic carbocycles. The van der Waals surface area contributed by atoms with Crippen molar-refractivity contribution in [1.82, 2.24) is 15.1 Å². The molecule has 2 aliphatic rings. The number of carbonyl (C=O) groups excluding carboxylic acids is 4. The van der Waals surface area contributed by atoms with Crippen LogP contribution in [-0.2, 0) is 14.3 Å². The Morgan fingerprint density at radius 2 is 1.78 bits per heavy atom. The zero-order valence-electron chi connectivity index (χ0n) is 15.1. The van der Waals surface area contributed by atoms with Crippen molar-refractivity contribution in [2.75, 3.05) is 38.1 Å². The van der Waals surface area contributed by atoms with E-state index in [0.717, 1.165) is 0 Å². The van der Waals surface area contributed by atoms with E-state index in [1.165, 1.54) is 0 Å². The Balaban J connectivity index is 1.58. The fraction of sp³-hybridized carbons (Fsp3) is 0.444. The van der Waals surface area contributed by atoms with Gasteiger partial charge in [0, 0.05) is 26.2 Å². The standard InChI is InChI=1S/C18H22N4O5/c1-2-27-18(26)22-9-7-21(8-10-22)15(23)11-14-17(25)19-13-6-4-3-5-12(13)16(24)20-14/h3-6,14H,2,7-11H2,1H3,(H,19,25)(H,20,24). The number of benzene rings is 1. The van der Waals surface area contributed by atoms with Gasteiger partial charge >= 0.3 is 6.09 Å². The van der Waals surface area contributed by atoms with Crippen molar-refractivity contribution < 1.29 is 23.9 Å². The number of hydrogen-bond acceptors (Lipinski definition) is 5. The monoisotopic (exact) mass is 374 g/mol. The number of para-hydroxylation sites is 1. The number of nitrogens with zero attached hydrogens (tertiary/aromatic N) is 2. The van der Waals surface area contributed by atoms with E-state index in [0.29, 0.717) is 44.0 Å². The van der Waals surface area contributed by atoms with Gasteiger partial charge in [-0.3, -0.25) is 14.4 Å². The molecule has 27 heavy (non-hydrogen) atoms. The maximum Gasteiger partial charge on any atom is 0.409 e. The van der Waals surface area contributed by atoms with Crippen LogP contribution in [0.15, 0.2) is 24.3 Å². The van der Waals surface area contributed by atoms with E-state index in [2.05, 4.69) is 10.6 Å². The first-order chi connectivity index (χ1) is 13.0. The molecule has 0 radical (unpaired) electrons.